The molecular weight excluding hydrogens is 382 g/mol. The molecule has 0 aliphatic heterocycles. The fraction of sp³-hybridized carbons (Fsp3) is 0.250. The molecule has 25 heavy (non-hydrogen) atoms. The molecule has 0 spiro atoms. The number of fused-ring (bicyclic) bond motifs is 1. The molecular formula is C20H20BrNO3. The number of hydrogen-bond acceptors (Lipinski definition) is 3. The van der Waals surface area contributed by atoms with Gasteiger partial charge in [0, 0.05) is 18.1 Å². The second-order valence-corrected chi connectivity index (χ2v) is 6.92. The standard InChI is InChI=1S/C20H20BrNO3/c1-24-18-10-6-9-17-19(18)15(11-16(21)20(23)25-2)13-22(17)12-14-7-4-3-5-8-14/h3-10,13,16H,11-12H2,1-2H3. The fourth-order valence-electron chi connectivity index (χ4n) is 3.04. The van der Waals surface area contributed by atoms with Crippen LogP contribution in [0.4, 0.5) is 0 Å². The van der Waals surface area contributed by atoms with E-state index < -0.39 is 4.83 Å². The number of benzene rings is 2. The molecule has 5 heteroatoms. The number of aromatic nitrogens is 1. The Morgan fingerprint density at radius 2 is 1.88 bits per heavy atom. The van der Waals surface area contributed by atoms with Crippen LogP contribution >= 0.6 is 15.9 Å². The first kappa shape index (κ1) is 17.5. The summed E-state index contributed by atoms with van der Waals surface area (Å²) in [4.78, 5) is 11.4. The van der Waals surface area contributed by atoms with Crippen LogP contribution in [0.15, 0.2) is 54.7 Å². The van der Waals surface area contributed by atoms with E-state index in [0.29, 0.717) is 6.42 Å². The van der Waals surface area contributed by atoms with Gasteiger partial charge >= 0.3 is 5.97 Å². The third-order valence-corrected chi connectivity index (χ3v) is 4.92. The van der Waals surface area contributed by atoms with Crippen molar-refractivity contribution in [3.05, 3.63) is 65.9 Å². The molecule has 2 aromatic carbocycles. The number of carbonyl (C=O) groups is 1. The number of alkyl halides is 1. The SMILES string of the molecule is COC(=O)C(Br)Cc1cn(Cc2ccccc2)c2cccc(OC)c12. The van der Waals surface area contributed by atoms with Gasteiger partial charge in [-0.05, 0) is 29.7 Å². The summed E-state index contributed by atoms with van der Waals surface area (Å²) in [5, 5.41) is 1.04. The van der Waals surface area contributed by atoms with Crippen molar-refractivity contribution in [2.45, 2.75) is 17.8 Å². The van der Waals surface area contributed by atoms with E-state index in [1.807, 2.05) is 30.3 Å². The van der Waals surface area contributed by atoms with Gasteiger partial charge in [-0.2, -0.15) is 0 Å². The van der Waals surface area contributed by atoms with E-state index in [9.17, 15) is 4.79 Å². The predicted molar refractivity (Wildman–Crippen MR) is 102 cm³/mol. The van der Waals surface area contributed by atoms with Gasteiger partial charge in [0.05, 0.1) is 19.7 Å². The van der Waals surface area contributed by atoms with Crippen LogP contribution in [-0.2, 0) is 22.5 Å². The highest BCUT2D eigenvalue weighted by Gasteiger charge is 2.20. The molecule has 3 rings (SSSR count). The lowest BCUT2D eigenvalue weighted by Gasteiger charge is -2.08. The number of rotatable bonds is 6. The predicted octanol–water partition coefficient (Wildman–Crippen LogP) is 4.18. The second-order valence-electron chi connectivity index (χ2n) is 5.82. The summed E-state index contributed by atoms with van der Waals surface area (Å²) >= 11 is 3.42. The molecule has 0 bridgehead atoms. The quantitative estimate of drug-likeness (QED) is 0.459. The van der Waals surface area contributed by atoms with Crippen LogP contribution in [0.25, 0.3) is 10.9 Å². The molecule has 0 fully saturated rings. The zero-order valence-corrected chi connectivity index (χ0v) is 15.8. The molecule has 0 N–H and O–H groups in total. The van der Waals surface area contributed by atoms with Gasteiger partial charge in [-0.1, -0.05) is 52.3 Å². The zero-order valence-electron chi connectivity index (χ0n) is 14.2. The van der Waals surface area contributed by atoms with Crippen LogP contribution in [0, 0.1) is 0 Å². The molecule has 1 heterocycles. The highest BCUT2D eigenvalue weighted by atomic mass is 79.9. The number of ether oxygens (including phenoxy) is 2. The van der Waals surface area contributed by atoms with E-state index in [-0.39, 0.29) is 5.97 Å². The molecule has 1 unspecified atom stereocenters. The molecule has 0 saturated heterocycles. The van der Waals surface area contributed by atoms with E-state index in [4.69, 9.17) is 9.47 Å². The lowest BCUT2D eigenvalue weighted by Crippen LogP contribution is -2.18. The highest BCUT2D eigenvalue weighted by Crippen LogP contribution is 2.32. The number of esters is 1. The van der Waals surface area contributed by atoms with E-state index in [1.165, 1.54) is 12.7 Å². The van der Waals surface area contributed by atoms with Crippen molar-refractivity contribution in [2.75, 3.05) is 14.2 Å². The van der Waals surface area contributed by atoms with Gasteiger partial charge in [0.1, 0.15) is 10.6 Å². The topological polar surface area (TPSA) is 40.5 Å². The van der Waals surface area contributed by atoms with Crippen molar-refractivity contribution in [3.8, 4) is 5.75 Å². The molecule has 0 aliphatic rings. The van der Waals surface area contributed by atoms with Gasteiger partial charge in [0.15, 0.2) is 0 Å². The van der Waals surface area contributed by atoms with Crippen molar-refractivity contribution < 1.29 is 14.3 Å². The summed E-state index contributed by atoms with van der Waals surface area (Å²) in [6.07, 6.45) is 2.63. The molecule has 4 nitrogen and oxygen atoms in total. The first-order valence-corrected chi connectivity index (χ1v) is 8.96. The first-order chi connectivity index (χ1) is 12.1. The van der Waals surface area contributed by atoms with Crippen molar-refractivity contribution in [1.29, 1.82) is 0 Å². The first-order valence-electron chi connectivity index (χ1n) is 8.04. The lowest BCUT2D eigenvalue weighted by atomic mass is 10.1. The zero-order chi connectivity index (χ0) is 17.8. The van der Waals surface area contributed by atoms with Crippen molar-refractivity contribution in [3.63, 3.8) is 0 Å². The Morgan fingerprint density at radius 1 is 1.12 bits per heavy atom. The molecule has 0 saturated carbocycles. The van der Waals surface area contributed by atoms with E-state index in [0.717, 1.165) is 28.8 Å². The van der Waals surface area contributed by atoms with Crippen LogP contribution in [0.1, 0.15) is 11.1 Å². The van der Waals surface area contributed by atoms with Crippen LogP contribution in [0.5, 0.6) is 5.75 Å². The minimum atomic E-state index is -0.391. The Balaban J connectivity index is 2.05. The highest BCUT2D eigenvalue weighted by molar-refractivity contribution is 9.10. The maximum absolute atomic E-state index is 11.8. The number of methoxy groups -OCH3 is 2. The van der Waals surface area contributed by atoms with Gasteiger partial charge in [0.2, 0.25) is 0 Å². The molecule has 0 amide bonds. The minimum absolute atomic E-state index is 0.279. The Morgan fingerprint density at radius 3 is 2.56 bits per heavy atom. The number of halogens is 1. The monoisotopic (exact) mass is 401 g/mol. The second kappa shape index (κ2) is 7.74. The average Bonchev–Trinajstić information content (AvgIpc) is 2.99. The molecule has 130 valence electrons. The maximum atomic E-state index is 11.8. The van der Waals surface area contributed by atoms with Crippen LogP contribution in [0.2, 0.25) is 0 Å². The number of nitrogens with zero attached hydrogens (tertiary/aromatic N) is 1. The normalized spacial score (nSPS) is 12.1. The Kier molecular flexibility index (Phi) is 5.43. The van der Waals surface area contributed by atoms with Crippen molar-refractivity contribution in [1.82, 2.24) is 4.57 Å². The smallest absolute Gasteiger partial charge is 0.319 e. The number of carbonyl (C=O) groups excluding carboxylic acids is 1. The van der Waals surface area contributed by atoms with Crippen molar-refractivity contribution >= 4 is 32.8 Å². The van der Waals surface area contributed by atoms with Crippen LogP contribution < -0.4 is 4.74 Å². The van der Waals surface area contributed by atoms with Crippen LogP contribution in [0.3, 0.4) is 0 Å². The summed E-state index contributed by atoms with van der Waals surface area (Å²) in [5.41, 5.74) is 3.36. The molecule has 3 aromatic rings. The Hall–Kier alpha value is -2.27. The summed E-state index contributed by atoms with van der Waals surface area (Å²) in [6.45, 7) is 0.760. The number of hydrogen-bond donors (Lipinski definition) is 0. The summed E-state index contributed by atoms with van der Waals surface area (Å²) in [7, 11) is 3.06. The van der Waals surface area contributed by atoms with E-state index >= 15 is 0 Å². The summed E-state index contributed by atoms with van der Waals surface area (Å²) in [6, 6.07) is 16.3. The molecule has 0 radical (unpaired) electrons. The Bertz CT molecular complexity index is 873. The van der Waals surface area contributed by atoms with E-state index in [2.05, 4.69) is 44.9 Å². The van der Waals surface area contributed by atoms with Gasteiger partial charge in [-0.3, -0.25) is 4.79 Å². The Labute approximate surface area is 155 Å². The maximum Gasteiger partial charge on any atom is 0.319 e. The van der Waals surface area contributed by atoms with Gasteiger partial charge in [-0.15, -0.1) is 0 Å². The van der Waals surface area contributed by atoms with Gasteiger partial charge in [-0.25, -0.2) is 0 Å². The minimum Gasteiger partial charge on any atom is -0.496 e. The largest absolute Gasteiger partial charge is 0.496 e. The summed E-state index contributed by atoms with van der Waals surface area (Å²) in [5.74, 6) is 0.530. The third kappa shape index (κ3) is 3.71. The average molecular weight is 402 g/mol. The van der Waals surface area contributed by atoms with E-state index in [1.54, 1.807) is 7.11 Å². The van der Waals surface area contributed by atoms with Crippen LogP contribution in [-0.4, -0.2) is 29.6 Å². The molecule has 1 aromatic heterocycles. The lowest BCUT2D eigenvalue weighted by molar-refractivity contribution is -0.139. The third-order valence-electron chi connectivity index (χ3n) is 4.22. The van der Waals surface area contributed by atoms with Crippen molar-refractivity contribution in [2.24, 2.45) is 0 Å². The van der Waals surface area contributed by atoms with Gasteiger partial charge in [0.25, 0.3) is 0 Å². The molecule has 0 aliphatic carbocycles. The summed E-state index contributed by atoms with van der Waals surface area (Å²) < 4.78 is 12.6. The van der Waals surface area contributed by atoms with Gasteiger partial charge < -0.3 is 14.0 Å². The fourth-order valence-corrected chi connectivity index (χ4v) is 3.58. The molecule has 1 atom stereocenters.